The molecule has 0 atom stereocenters. The molecule has 160 valence electrons. The summed E-state index contributed by atoms with van der Waals surface area (Å²) < 4.78 is 28.0. The van der Waals surface area contributed by atoms with Crippen LogP contribution in [0, 0.1) is 13.8 Å². The summed E-state index contributed by atoms with van der Waals surface area (Å²) in [5, 5.41) is 10.9. The molecule has 2 rings (SSSR count). The van der Waals surface area contributed by atoms with Crippen molar-refractivity contribution < 1.29 is 8.42 Å². The highest BCUT2D eigenvalue weighted by Crippen LogP contribution is 2.16. The average molecular weight is 421 g/mol. The standard InChI is InChI=1S/C20H32N6O2S/c1-6-25(7-2)29(27,28)13-12-22-20(21-5)23-15-18-10-8-9-11-19(18)26-17(4)14-16(3)24-26/h8-11,14H,6-7,12-13,15H2,1-5H3,(H2,21,22,23). The van der Waals surface area contributed by atoms with Crippen LogP contribution in [-0.2, 0) is 16.6 Å². The summed E-state index contributed by atoms with van der Waals surface area (Å²) in [7, 11) is -1.59. The molecule has 2 aromatic rings. The van der Waals surface area contributed by atoms with Crippen molar-refractivity contribution in [3.8, 4) is 5.69 Å². The molecule has 0 radical (unpaired) electrons. The molecule has 1 aromatic carbocycles. The number of nitrogens with zero attached hydrogens (tertiary/aromatic N) is 4. The predicted molar refractivity (Wildman–Crippen MR) is 118 cm³/mol. The average Bonchev–Trinajstić information content (AvgIpc) is 3.03. The maximum Gasteiger partial charge on any atom is 0.215 e. The minimum absolute atomic E-state index is 0.0255. The van der Waals surface area contributed by atoms with Crippen LogP contribution in [0.15, 0.2) is 35.3 Å². The second kappa shape index (κ2) is 10.4. The maximum absolute atomic E-state index is 12.3. The van der Waals surface area contributed by atoms with Gasteiger partial charge in [0.1, 0.15) is 0 Å². The van der Waals surface area contributed by atoms with Crippen molar-refractivity contribution in [3.63, 3.8) is 0 Å². The van der Waals surface area contributed by atoms with E-state index in [9.17, 15) is 8.42 Å². The normalized spacial score (nSPS) is 12.4. The number of benzene rings is 1. The van der Waals surface area contributed by atoms with Gasteiger partial charge in [-0.15, -0.1) is 0 Å². The monoisotopic (exact) mass is 420 g/mol. The number of sulfonamides is 1. The molecule has 0 saturated carbocycles. The summed E-state index contributed by atoms with van der Waals surface area (Å²) >= 11 is 0. The summed E-state index contributed by atoms with van der Waals surface area (Å²) in [6.07, 6.45) is 0. The summed E-state index contributed by atoms with van der Waals surface area (Å²) in [6, 6.07) is 10.1. The molecule has 0 amide bonds. The van der Waals surface area contributed by atoms with Crippen molar-refractivity contribution in [2.45, 2.75) is 34.2 Å². The fourth-order valence-electron chi connectivity index (χ4n) is 3.18. The lowest BCUT2D eigenvalue weighted by Crippen LogP contribution is -2.42. The molecular formula is C20H32N6O2S. The Balaban J connectivity index is 2.00. The highest BCUT2D eigenvalue weighted by molar-refractivity contribution is 7.89. The molecule has 0 saturated heterocycles. The third-order valence-electron chi connectivity index (χ3n) is 4.65. The van der Waals surface area contributed by atoms with Crippen molar-refractivity contribution >= 4 is 16.0 Å². The smallest absolute Gasteiger partial charge is 0.215 e. The quantitative estimate of drug-likeness (QED) is 0.477. The third kappa shape index (κ3) is 6.04. The number of hydrogen-bond donors (Lipinski definition) is 2. The van der Waals surface area contributed by atoms with E-state index in [0.717, 1.165) is 22.6 Å². The van der Waals surface area contributed by atoms with Crippen LogP contribution in [0.4, 0.5) is 0 Å². The Hall–Kier alpha value is -2.39. The number of guanidine groups is 1. The molecule has 2 N–H and O–H groups in total. The summed E-state index contributed by atoms with van der Waals surface area (Å²) in [6.45, 7) is 9.48. The van der Waals surface area contributed by atoms with E-state index < -0.39 is 10.0 Å². The number of nitrogens with one attached hydrogen (secondary N) is 2. The fourth-order valence-corrected chi connectivity index (χ4v) is 4.59. The van der Waals surface area contributed by atoms with Crippen LogP contribution in [-0.4, -0.2) is 60.9 Å². The molecule has 0 fully saturated rings. The van der Waals surface area contributed by atoms with Gasteiger partial charge in [0, 0.05) is 38.9 Å². The molecule has 8 nitrogen and oxygen atoms in total. The van der Waals surface area contributed by atoms with Crippen molar-refractivity contribution in [2.24, 2.45) is 4.99 Å². The molecule has 0 aliphatic rings. The van der Waals surface area contributed by atoms with Crippen LogP contribution in [0.5, 0.6) is 0 Å². The zero-order valence-electron chi connectivity index (χ0n) is 17.9. The topological polar surface area (TPSA) is 91.6 Å². The first-order chi connectivity index (χ1) is 13.8. The van der Waals surface area contributed by atoms with Crippen LogP contribution in [0.1, 0.15) is 30.8 Å². The second-order valence-electron chi connectivity index (χ2n) is 6.72. The Morgan fingerprint density at radius 3 is 2.45 bits per heavy atom. The van der Waals surface area contributed by atoms with Gasteiger partial charge in [-0.2, -0.15) is 5.10 Å². The van der Waals surface area contributed by atoms with Gasteiger partial charge in [0.2, 0.25) is 10.0 Å². The van der Waals surface area contributed by atoms with Crippen LogP contribution in [0.2, 0.25) is 0 Å². The third-order valence-corrected chi connectivity index (χ3v) is 6.67. The van der Waals surface area contributed by atoms with E-state index in [4.69, 9.17) is 0 Å². The maximum atomic E-state index is 12.3. The minimum Gasteiger partial charge on any atom is -0.355 e. The van der Waals surface area contributed by atoms with E-state index in [2.05, 4.69) is 20.7 Å². The molecule has 0 bridgehead atoms. The van der Waals surface area contributed by atoms with Crippen LogP contribution in [0.25, 0.3) is 5.69 Å². The van der Waals surface area contributed by atoms with Gasteiger partial charge >= 0.3 is 0 Å². The van der Waals surface area contributed by atoms with Crippen molar-refractivity contribution in [2.75, 3.05) is 32.4 Å². The van der Waals surface area contributed by atoms with E-state index in [0.29, 0.717) is 25.6 Å². The number of aryl methyl sites for hydroxylation is 2. The van der Waals surface area contributed by atoms with Gasteiger partial charge in [-0.3, -0.25) is 4.99 Å². The van der Waals surface area contributed by atoms with Gasteiger partial charge in [-0.25, -0.2) is 17.4 Å². The zero-order valence-corrected chi connectivity index (χ0v) is 18.8. The van der Waals surface area contributed by atoms with Gasteiger partial charge in [0.05, 0.1) is 17.1 Å². The van der Waals surface area contributed by atoms with Gasteiger partial charge < -0.3 is 10.6 Å². The highest BCUT2D eigenvalue weighted by Gasteiger charge is 2.18. The van der Waals surface area contributed by atoms with Gasteiger partial charge in [0.25, 0.3) is 0 Å². The van der Waals surface area contributed by atoms with E-state index in [-0.39, 0.29) is 12.3 Å². The number of aliphatic imine (C=N–C) groups is 1. The summed E-state index contributed by atoms with van der Waals surface area (Å²) in [5.74, 6) is 0.584. The Morgan fingerprint density at radius 2 is 1.86 bits per heavy atom. The molecule has 1 aromatic heterocycles. The molecule has 0 aliphatic carbocycles. The van der Waals surface area contributed by atoms with E-state index in [1.54, 1.807) is 7.05 Å². The first kappa shape index (κ1) is 22.9. The fraction of sp³-hybridized carbons (Fsp3) is 0.500. The summed E-state index contributed by atoms with van der Waals surface area (Å²) in [5.41, 5.74) is 4.11. The molecule has 1 heterocycles. The lowest BCUT2D eigenvalue weighted by Gasteiger charge is -2.19. The Kier molecular flexibility index (Phi) is 8.21. The predicted octanol–water partition coefficient (Wildman–Crippen LogP) is 1.83. The van der Waals surface area contributed by atoms with Crippen LogP contribution >= 0.6 is 0 Å². The largest absolute Gasteiger partial charge is 0.355 e. The van der Waals surface area contributed by atoms with Crippen LogP contribution in [0.3, 0.4) is 0 Å². The Labute approximate surface area is 174 Å². The van der Waals surface area contributed by atoms with Crippen molar-refractivity contribution in [1.29, 1.82) is 0 Å². The number of para-hydroxylation sites is 1. The first-order valence-electron chi connectivity index (χ1n) is 9.86. The van der Waals surface area contributed by atoms with E-state index in [1.807, 2.05) is 62.7 Å². The molecule has 0 spiro atoms. The van der Waals surface area contributed by atoms with E-state index >= 15 is 0 Å². The SMILES string of the molecule is CCN(CC)S(=O)(=O)CCNC(=NC)NCc1ccccc1-n1nc(C)cc1C. The van der Waals surface area contributed by atoms with Gasteiger partial charge in [0.15, 0.2) is 5.96 Å². The zero-order chi connectivity index (χ0) is 21.4. The summed E-state index contributed by atoms with van der Waals surface area (Å²) in [4.78, 5) is 4.20. The molecule has 0 unspecified atom stereocenters. The Morgan fingerprint density at radius 1 is 1.17 bits per heavy atom. The highest BCUT2D eigenvalue weighted by atomic mass is 32.2. The number of rotatable bonds is 9. The lowest BCUT2D eigenvalue weighted by molar-refractivity contribution is 0.445. The number of hydrogen-bond acceptors (Lipinski definition) is 4. The van der Waals surface area contributed by atoms with Gasteiger partial charge in [-0.1, -0.05) is 32.0 Å². The molecule has 9 heteroatoms. The van der Waals surface area contributed by atoms with Crippen molar-refractivity contribution in [3.05, 3.63) is 47.3 Å². The molecular weight excluding hydrogens is 388 g/mol. The van der Waals surface area contributed by atoms with Gasteiger partial charge in [-0.05, 0) is 31.5 Å². The number of aromatic nitrogens is 2. The van der Waals surface area contributed by atoms with Crippen molar-refractivity contribution in [1.82, 2.24) is 24.7 Å². The molecule has 29 heavy (non-hydrogen) atoms. The van der Waals surface area contributed by atoms with Crippen LogP contribution < -0.4 is 10.6 Å². The first-order valence-corrected chi connectivity index (χ1v) is 11.5. The minimum atomic E-state index is -3.26. The lowest BCUT2D eigenvalue weighted by atomic mass is 10.1. The van der Waals surface area contributed by atoms with E-state index in [1.165, 1.54) is 4.31 Å². The second-order valence-corrected chi connectivity index (χ2v) is 8.81. The Bertz CT molecular complexity index is 932. The molecule has 0 aliphatic heterocycles.